The fraction of sp³-hybridized carbons (Fsp3) is 0.692. The van der Waals surface area contributed by atoms with Crippen LogP contribution in [0.3, 0.4) is 0 Å². The van der Waals surface area contributed by atoms with Crippen LogP contribution in [0.1, 0.15) is 27.7 Å². The molecule has 0 bridgehead atoms. The maximum Gasteiger partial charge on any atom is 0.303 e. The number of carbonyl (C=O) groups excluding carboxylic acids is 4. The van der Waals surface area contributed by atoms with E-state index < -0.39 is 29.9 Å². The van der Waals surface area contributed by atoms with Crippen LogP contribution in [0.5, 0.6) is 0 Å². The zero-order chi connectivity index (χ0) is 16.4. The molecule has 120 valence electrons. The summed E-state index contributed by atoms with van der Waals surface area (Å²) in [5.74, 6) is -1.95. The maximum absolute atomic E-state index is 12.1. The molecule has 0 saturated heterocycles. The summed E-state index contributed by atoms with van der Waals surface area (Å²) in [6, 6.07) is 0. The Kier molecular flexibility index (Phi) is 8.75. The van der Waals surface area contributed by atoms with E-state index in [2.05, 4.69) is 0 Å². The highest BCUT2D eigenvalue weighted by molar-refractivity contribution is 5.83. The lowest BCUT2D eigenvalue weighted by molar-refractivity contribution is -0.158. The molecule has 1 amide bonds. The van der Waals surface area contributed by atoms with Gasteiger partial charge in [0.1, 0.15) is 13.2 Å². The highest BCUT2D eigenvalue weighted by atomic mass is 16.5. The number of carbonyl (C=O) groups is 4. The quantitative estimate of drug-likeness (QED) is 0.456. The van der Waals surface area contributed by atoms with Crippen LogP contribution in [0.4, 0.5) is 0 Å². The zero-order valence-corrected chi connectivity index (χ0v) is 12.7. The number of hydrogen-bond acceptors (Lipinski definition) is 7. The van der Waals surface area contributed by atoms with Crippen molar-refractivity contribution in [1.29, 1.82) is 0 Å². The normalized spacial score (nSPS) is 11.2. The first-order valence-corrected chi connectivity index (χ1v) is 6.46. The summed E-state index contributed by atoms with van der Waals surface area (Å²) in [4.78, 5) is 45.7. The molecule has 0 rings (SSSR count). The second-order valence-electron chi connectivity index (χ2n) is 4.26. The summed E-state index contributed by atoms with van der Waals surface area (Å²) in [5.41, 5.74) is 0. The van der Waals surface area contributed by atoms with Crippen LogP contribution >= 0.6 is 0 Å². The molecule has 0 N–H and O–H groups in total. The fourth-order valence-electron chi connectivity index (χ4n) is 1.49. The molecule has 0 saturated carbocycles. The monoisotopic (exact) mass is 303 g/mol. The summed E-state index contributed by atoms with van der Waals surface area (Å²) in [5, 5.41) is 0. The van der Waals surface area contributed by atoms with Crippen LogP contribution in [0.15, 0.2) is 0 Å². The van der Waals surface area contributed by atoms with Gasteiger partial charge in [-0.05, 0) is 6.92 Å². The Morgan fingerprint density at radius 2 is 1.29 bits per heavy atom. The SMILES string of the molecule is CC(=O)OCCN(CCOC(C)=O)C(=O)[C@H](C)OC(C)=O. The summed E-state index contributed by atoms with van der Waals surface area (Å²) in [7, 11) is 0. The van der Waals surface area contributed by atoms with E-state index in [9.17, 15) is 19.2 Å². The van der Waals surface area contributed by atoms with Crippen LogP contribution in [0, 0.1) is 0 Å². The van der Waals surface area contributed by atoms with Crippen molar-refractivity contribution >= 4 is 23.8 Å². The van der Waals surface area contributed by atoms with E-state index in [-0.39, 0.29) is 26.3 Å². The van der Waals surface area contributed by atoms with Gasteiger partial charge in [0.15, 0.2) is 6.10 Å². The van der Waals surface area contributed by atoms with Crippen LogP contribution in [0.2, 0.25) is 0 Å². The maximum atomic E-state index is 12.1. The van der Waals surface area contributed by atoms with Gasteiger partial charge < -0.3 is 19.1 Å². The summed E-state index contributed by atoms with van der Waals surface area (Å²) < 4.78 is 14.3. The first kappa shape index (κ1) is 18.9. The third-order valence-corrected chi connectivity index (χ3v) is 2.34. The predicted molar refractivity (Wildman–Crippen MR) is 71.1 cm³/mol. The van der Waals surface area contributed by atoms with E-state index in [1.54, 1.807) is 0 Å². The third-order valence-electron chi connectivity index (χ3n) is 2.34. The van der Waals surface area contributed by atoms with Gasteiger partial charge in [-0.1, -0.05) is 0 Å². The molecule has 8 nitrogen and oxygen atoms in total. The number of esters is 3. The average Bonchev–Trinajstić information content (AvgIpc) is 2.34. The topological polar surface area (TPSA) is 99.2 Å². The van der Waals surface area contributed by atoms with E-state index in [0.29, 0.717) is 0 Å². The minimum absolute atomic E-state index is 0.00787. The second kappa shape index (κ2) is 9.73. The van der Waals surface area contributed by atoms with Crippen molar-refractivity contribution in [2.75, 3.05) is 26.3 Å². The van der Waals surface area contributed by atoms with Crippen molar-refractivity contribution < 1.29 is 33.4 Å². The number of amides is 1. The van der Waals surface area contributed by atoms with Crippen LogP contribution in [-0.4, -0.2) is 61.1 Å². The van der Waals surface area contributed by atoms with Gasteiger partial charge in [-0.3, -0.25) is 19.2 Å². The summed E-state index contributed by atoms with van der Waals surface area (Å²) in [6.45, 7) is 5.40. The average molecular weight is 303 g/mol. The Bertz CT molecular complexity index is 374. The van der Waals surface area contributed by atoms with Gasteiger partial charge in [-0.2, -0.15) is 0 Å². The van der Waals surface area contributed by atoms with Gasteiger partial charge in [-0.15, -0.1) is 0 Å². The number of nitrogens with zero attached hydrogens (tertiary/aromatic N) is 1. The molecule has 0 heterocycles. The molecular weight excluding hydrogens is 282 g/mol. The molecule has 0 aliphatic heterocycles. The smallest absolute Gasteiger partial charge is 0.303 e. The van der Waals surface area contributed by atoms with Gasteiger partial charge >= 0.3 is 17.9 Å². The molecule has 8 heteroatoms. The van der Waals surface area contributed by atoms with Crippen molar-refractivity contribution in [3.05, 3.63) is 0 Å². The Hall–Kier alpha value is -2.12. The van der Waals surface area contributed by atoms with E-state index in [1.165, 1.54) is 32.6 Å². The highest BCUT2D eigenvalue weighted by Crippen LogP contribution is 2.01. The van der Waals surface area contributed by atoms with E-state index in [1.807, 2.05) is 0 Å². The summed E-state index contributed by atoms with van der Waals surface area (Å²) >= 11 is 0. The Morgan fingerprint density at radius 1 is 0.857 bits per heavy atom. The van der Waals surface area contributed by atoms with Gasteiger partial charge in [0.25, 0.3) is 5.91 Å². The Labute approximate surface area is 123 Å². The van der Waals surface area contributed by atoms with Gasteiger partial charge in [0.2, 0.25) is 0 Å². The molecule has 0 aromatic rings. The van der Waals surface area contributed by atoms with Crippen LogP contribution < -0.4 is 0 Å². The van der Waals surface area contributed by atoms with E-state index in [4.69, 9.17) is 14.2 Å². The van der Waals surface area contributed by atoms with Crippen LogP contribution in [-0.2, 0) is 33.4 Å². The van der Waals surface area contributed by atoms with Crippen molar-refractivity contribution in [2.45, 2.75) is 33.8 Å². The first-order valence-electron chi connectivity index (χ1n) is 6.46. The number of hydrogen-bond donors (Lipinski definition) is 0. The Balaban J connectivity index is 4.52. The molecule has 21 heavy (non-hydrogen) atoms. The molecule has 1 atom stereocenters. The molecule has 0 aromatic carbocycles. The van der Waals surface area contributed by atoms with Gasteiger partial charge in [0.05, 0.1) is 13.1 Å². The molecule has 0 aliphatic carbocycles. The molecule has 0 unspecified atom stereocenters. The molecule has 0 spiro atoms. The molecule has 0 radical (unpaired) electrons. The zero-order valence-electron chi connectivity index (χ0n) is 12.7. The largest absolute Gasteiger partial charge is 0.464 e. The van der Waals surface area contributed by atoms with Crippen molar-refractivity contribution in [3.63, 3.8) is 0 Å². The summed E-state index contributed by atoms with van der Waals surface area (Å²) in [6.07, 6.45) is -0.961. The standard InChI is InChI=1S/C13H21NO7/c1-9(21-12(4)17)13(18)14(5-7-19-10(2)15)6-8-20-11(3)16/h9H,5-8H2,1-4H3/t9-/m0/s1. The fourth-order valence-corrected chi connectivity index (χ4v) is 1.49. The molecular formula is C13H21NO7. The van der Waals surface area contributed by atoms with E-state index in [0.717, 1.165) is 0 Å². The number of rotatable bonds is 8. The van der Waals surface area contributed by atoms with Crippen molar-refractivity contribution in [2.24, 2.45) is 0 Å². The van der Waals surface area contributed by atoms with Crippen molar-refractivity contribution in [1.82, 2.24) is 4.90 Å². The van der Waals surface area contributed by atoms with E-state index >= 15 is 0 Å². The Morgan fingerprint density at radius 3 is 1.62 bits per heavy atom. The first-order chi connectivity index (χ1) is 9.73. The minimum Gasteiger partial charge on any atom is -0.464 e. The minimum atomic E-state index is -0.961. The third kappa shape index (κ3) is 9.42. The lowest BCUT2D eigenvalue weighted by Gasteiger charge is -2.25. The molecule has 0 fully saturated rings. The van der Waals surface area contributed by atoms with Crippen LogP contribution in [0.25, 0.3) is 0 Å². The second-order valence-corrected chi connectivity index (χ2v) is 4.26. The molecule has 0 aliphatic rings. The highest BCUT2D eigenvalue weighted by Gasteiger charge is 2.23. The van der Waals surface area contributed by atoms with Gasteiger partial charge in [-0.25, -0.2) is 0 Å². The molecule has 0 aromatic heterocycles. The van der Waals surface area contributed by atoms with Crippen molar-refractivity contribution in [3.8, 4) is 0 Å². The lowest BCUT2D eigenvalue weighted by Crippen LogP contribution is -2.43. The number of ether oxygens (including phenoxy) is 3. The van der Waals surface area contributed by atoms with Gasteiger partial charge in [0, 0.05) is 20.8 Å². The lowest BCUT2D eigenvalue weighted by atomic mass is 10.3. The predicted octanol–water partition coefficient (Wildman–Crippen LogP) is -0.107.